The van der Waals surface area contributed by atoms with Crippen LogP contribution in [0, 0.1) is 5.92 Å². The largest absolute Gasteiger partial charge is 0.355 e. The average molecular weight is 444 g/mol. The molecule has 24 heavy (non-hydrogen) atoms. The maximum atomic E-state index is 4.32. The molecular weight excluding hydrogens is 411 g/mol. The van der Waals surface area contributed by atoms with E-state index in [0.29, 0.717) is 18.0 Å². The Kier molecular flexibility index (Phi) is 9.05. The van der Waals surface area contributed by atoms with Gasteiger partial charge in [0.15, 0.2) is 5.96 Å². The van der Waals surface area contributed by atoms with E-state index in [-0.39, 0.29) is 24.0 Å². The molecule has 2 rings (SSSR count). The van der Waals surface area contributed by atoms with Gasteiger partial charge in [0.2, 0.25) is 0 Å². The number of benzene rings is 1. The van der Waals surface area contributed by atoms with E-state index >= 15 is 0 Å². The highest BCUT2D eigenvalue weighted by Crippen LogP contribution is 2.22. The molecule has 1 aliphatic rings. The van der Waals surface area contributed by atoms with E-state index in [1.807, 2.05) is 7.05 Å². The number of guanidine groups is 1. The zero-order valence-corrected chi connectivity index (χ0v) is 18.0. The van der Waals surface area contributed by atoms with Gasteiger partial charge in [-0.25, -0.2) is 0 Å². The molecular formula is C19H33IN4. The molecule has 0 spiro atoms. The van der Waals surface area contributed by atoms with Crippen LogP contribution in [0.25, 0.3) is 0 Å². The van der Waals surface area contributed by atoms with Crippen LogP contribution in [0.1, 0.15) is 38.8 Å². The summed E-state index contributed by atoms with van der Waals surface area (Å²) in [7, 11) is 1.83. The van der Waals surface area contributed by atoms with Crippen molar-refractivity contribution < 1.29 is 0 Å². The van der Waals surface area contributed by atoms with Gasteiger partial charge >= 0.3 is 0 Å². The minimum Gasteiger partial charge on any atom is -0.355 e. The molecule has 0 fully saturated rings. The standard InChI is InChI=1S/C19H32N4.HI/c1-14(2)18(12-21-19(20-5)22-15(3)4)23-11-10-16-8-6-7-9-17(16)13-23;/h6-9,14-15,18H,10-13H2,1-5H3,(H2,20,21,22);1H. The molecule has 0 aliphatic carbocycles. The van der Waals surface area contributed by atoms with Crippen molar-refractivity contribution in [2.45, 2.75) is 52.7 Å². The summed E-state index contributed by atoms with van der Waals surface area (Å²) >= 11 is 0. The number of rotatable bonds is 5. The second kappa shape index (κ2) is 10.2. The lowest BCUT2D eigenvalue weighted by molar-refractivity contribution is 0.140. The van der Waals surface area contributed by atoms with Crippen molar-refractivity contribution in [3.05, 3.63) is 35.4 Å². The molecule has 1 aromatic carbocycles. The van der Waals surface area contributed by atoms with Crippen LogP contribution in [0.3, 0.4) is 0 Å². The van der Waals surface area contributed by atoms with Gasteiger partial charge in [0, 0.05) is 38.8 Å². The minimum absolute atomic E-state index is 0. The Morgan fingerprint density at radius 2 is 1.83 bits per heavy atom. The third-order valence-electron chi connectivity index (χ3n) is 4.53. The lowest BCUT2D eigenvalue weighted by Gasteiger charge is -2.38. The van der Waals surface area contributed by atoms with E-state index in [9.17, 15) is 0 Å². The van der Waals surface area contributed by atoms with Crippen LogP contribution < -0.4 is 10.6 Å². The maximum absolute atomic E-state index is 4.32. The molecule has 1 heterocycles. The molecule has 1 unspecified atom stereocenters. The highest BCUT2D eigenvalue weighted by molar-refractivity contribution is 14.0. The van der Waals surface area contributed by atoms with Crippen molar-refractivity contribution in [3.8, 4) is 0 Å². The number of fused-ring (bicyclic) bond motifs is 1. The van der Waals surface area contributed by atoms with Crippen molar-refractivity contribution in [3.63, 3.8) is 0 Å². The average Bonchev–Trinajstić information content (AvgIpc) is 2.53. The summed E-state index contributed by atoms with van der Waals surface area (Å²) in [4.78, 5) is 6.93. The summed E-state index contributed by atoms with van der Waals surface area (Å²) in [6.07, 6.45) is 1.15. The van der Waals surface area contributed by atoms with E-state index < -0.39 is 0 Å². The number of nitrogens with zero attached hydrogens (tertiary/aromatic N) is 2. The van der Waals surface area contributed by atoms with Gasteiger partial charge in [0.1, 0.15) is 0 Å². The molecule has 0 saturated heterocycles. The topological polar surface area (TPSA) is 39.7 Å². The zero-order valence-electron chi connectivity index (χ0n) is 15.7. The van der Waals surface area contributed by atoms with Crippen LogP contribution in [0.15, 0.2) is 29.3 Å². The molecule has 0 amide bonds. The second-order valence-corrected chi connectivity index (χ2v) is 7.05. The summed E-state index contributed by atoms with van der Waals surface area (Å²) in [5.41, 5.74) is 2.99. The summed E-state index contributed by atoms with van der Waals surface area (Å²) in [6.45, 7) is 12.0. The Morgan fingerprint density at radius 1 is 1.17 bits per heavy atom. The van der Waals surface area contributed by atoms with Crippen LogP contribution in [0.5, 0.6) is 0 Å². The molecule has 136 valence electrons. The number of hydrogen-bond acceptors (Lipinski definition) is 2. The van der Waals surface area contributed by atoms with Gasteiger partial charge in [-0.1, -0.05) is 38.1 Å². The monoisotopic (exact) mass is 444 g/mol. The lowest BCUT2D eigenvalue weighted by Crippen LogP contribution is -2.51. The van der Waals surface area contributed by atoms with Crippen LogP contribution in [-0.2, 0) is 13.0 Å². The minimum atomic E-state index is 0. The third kappa shape index (κ3) is 5.92. The number of hydrogen-bond donors (Lipinski definition) is 2. The first-order valence-corrected chi connectivity index (χ1v) is 8.79. The van der Waals surface area contributed by atoms with Crippen molar-refractivity contribution in [1.82, 2.24) is 15.5 Å². The van der Waals surface area contributed by atoms with Crippen LogP contribution >= 0.6 is 24.0 Å². The van der Waals surface area contributed by atoms with Crippen molar-refractivity contribution >= 4 is 29.9 Å². The maximum Gasteiger partial charge on any atom is 0.191 e. The Balaban J connectivity index is 0.00000288. The van der Waals surface area contributed by atoms with Gasteiger partial charge in [-0.15, -0.1) is 24.0 Å². The lowest BCUT2D eigenvalue weighted by atomic mass is 9.95. The van der Waals surface area contributed by atoms with Crippen molar-refractivity contribution in [2.24, 2.45) is 10.9 Å². The summed E-state index contributed by atoms with van der Waals surface area (Å²) in [6, 6.07) is 9.74. The van der Waals surface area contributed by atoms with Crippen LogP contribution in [0.4, 0.5) is 0 Å². The summed E-state index contributed by atoms with van der Waals surface area (Å²) < 4.78 is 0. The fraction of sp³-hybridized carbons (Fsp3) is 0.632. The highest BCUT2D eigenvalue weighted by Gasteiger charge is 2.25. The molecule has 0 saturated carbocycles. The predicted molar refractivity (Wildman–Crippen MR) is 114 cm³/mol. The fourth-order valence-electron chi connectivity index (χ4n) is 3.26. The van der Waals surface area contributed by atoms with Gasteiger partial charge in [0.05, 0.1) is 0 Å². The molecule has 1 atom stereocenters. The first kappa shape index (κ1) is 21.2. The highest BCUT2D eigenvalue weighted by atomic mass is 127. The van der Waals surface area contributed by atoms with E-state index in [1.54, 1.807) is 0 Å². The normalized spacial score (nSPS) is 16.5. The summed E-state index contributed by atoms with van der Waals surface area (Å²) in [5, 5.41) is 6.86. The number of nitrogens with one attached hydrogen (secondary N) is 2. The van der Waals surface area contributed by atoms with Gasteiger partial charge < -0.3 is 10.6 Å². The van der Waals surface area contributed by atoms with Crippen LogP contribution in [-0.4, -0.2) is 43.1 Å². The van der Waals surface area contributed by atoms with Crippen molar-refractivity contribution in [1.29, 1.82) is 0 Å². The van der Waals surface area contributed by atoms with E-state index in [2.05, 4.69) is 72.5 Å². The molecule has 1 aliphatic heterocycles. The van der Waals surface area contributed by atoms with E-state index in [1.165, 1.54) is 11.1 Å². The molecule has 2 N–H and O–H groups in total. The van der Waals surface area contributed by atoms with Gasteiger partial charge in [-0.2, -0.15) is 0 Å². The molecule has 4 nitrogen and oxygen atoms in total. The van der Waals surface area contributed by atoms with Gasteiger partial charge in [-0.05, 0) is 37.3 Å². The third-order valence-corrected chi connectivity index (χ3v) is 4.53. The van der Waals surface area contributed by atoms with Crippen molar-refractivity contribution in [2.75, 3.05) is 20.1 Å². The Labute approximate surface area is 164 Å². The second-order valence-electron chi connectivity index (χ2n) is 7.05. The van der Waals surface area contributed by atoms with E-state index in [4.69, 9.17) is 0 Å². The van der Waals surface area contributed by atoms with Crippen LogP contribution in [0.2, 0.25) is 0 Å². The smallest absolute Gasteiger partial charge is 0.191 e. The molecule has 1 aromatic rings. The molecule has 0 radical (unpaired) electrons. The first-order chi connectivity index (χ1) is 11.0. The quantitative estimate of drug-likeness (QED) is 0.416. The zero-order chi connectivity index (χ0) is 16.8. The fourth-order valence-corrected chi connectivity index (χ4v) is 3.26. The molecule has 0 aromatic heterocycles. The Hall–Kier alpha value is -0.820. The Morgan fingerprint density at radius 3 is 2.42 bits per heavy atom. The molecule has 0 bridgehead atoms. The van der Waals surface area contributed by atoms with E-state index in [0.717, 1.165) is 32.0 Å². The SMILES string of the molecule is CN=C(NCC(C(C)C)N1CCc2ccccc2C1)NC(C)C.I. The van der Waals surface area contributed by atoms with Gasteiger partial charge in [0.25, 0.3) is 0 Å². The first-order valence-electron chi connectivity index (χ1n) is 8.79. The summed E-state index contributed by atoms with van der Waals surface area (Å²) in [5.74, 6) is 1.49. The number of aliphatic imine (C=N–C) groups is 1. The number of halogens is 1. The van der Waals surface area contributed by atoms with Gasteiger partial charge in [-0.3, -0.25) is 9.89 Å². The molecule has 5 heteroatoms. The Bertz CT molecular complexity index is 528. The predicted octanol–water partition coefficient (Wildman–Crippen LogP) is 3.26.